The molecule has 0 spiro atoms. The van der Waals surface area contributed by atoms with Crippen molar-refractivity contribution in [2.24, 2.45) is 5.41 Å². The molecule has 0 aliphatic carbocycles. The van der Waals surface area contributed by atoms with Crippen LogP contribution in [0.25, 0.3) is 11.3 Å². The van der Waals surface area contributed by atoms with Crippen molar-refractivity contribution in [3.63, 3.8) is 0 Å². The quantitative estimate of drug-likeness (QED) is 0.607. The van der Waals surface area contributed by atoms with Gasteiger partial charge in [-0.05, 0) is 29.5 Å². The Morgan fingerprint density at radius 3 is 2.59 bits per heavy atom. The molecule has 9 heteroatoms. The summed E-state index contributed by atoms with van der Waals surface area (Å²) >= 11 is 0. The number of carbonyl (C=O) groups is 1. The molecule has 0 fully saturated rings. The summed E-state index contributed by atoms with van der Waals surface area (Å²) in [5, 5.41) is 9.54. The highest BCUT2D eigenvalue weighted by molar-refractivity contribution is 7.59. The van der Waals surface area contributed by atoms with Crippen LogP contribution in [0.5, 0.6) is 11.5 Å². The van der Waals surface area contributed by atoms with E-state index in [9.17, 15) is 14.7 Å². The number of pyridine rings is 1. The lowest BCUT2D eigenvalue weighted by Crippen LogP contribution is -2.34. The number of ether oxygens (including phenoxy) is 3. The summed E-state index contributed by atoms with van der Waals surface area (Å²) < 4.78 is 106. The van der Waals surface area contributed by atoms with E-state index in [2.05, 4.69) is 0 Å². The van der Waals surface area contributed by atoms with E-state index in [0.29, 0.717) is 23.8 Å². The van der Waals surface area contributed by atoms with Crippen LogP contribution in [0.15, 0.2) is 23.1 Å². The molecule has 0 unspecified atom stereocenters. The van der Waals surface area contributed by atoms with Gasteiger partial charge in [-0.15, -0.1) is 0 Å². The average molecular weight is 477 g/mol. The van der Waals surface area contributed by atoms with Gasteiger partial charge in [-0.2, -0.15) is 13.5 Å². The van der Waals surface area contributed by atoms with Gasteiger partial charge in [0.2, 0.25) is 5.43 Å². The molecule has 0 amide bonds. The summed E-state index contributed by atoms with van der Waals surface area (Å²) in [6.07, 6.45) is 0.456. The lowest BCUT2D eigenvalue weighted by molar-refractivity contribution is 0.0692. The molecule has 1 aliphatic heterocycles. The van der Waals surface area contributed by atoms with Crippen molar-refractivity contribution in [2.75, 3.05) is 27.4 Å². The highest BCUT2D eigenvalue weighted by Crippen LogP contribution is 2.46. The Bertz CT molecular complexity index is 1320. The Kier molecular flexibility index (Phi) is 4.77. The number of fused-ring (bicyclic) bond motifs is 3. The molecule has 1 aliphatic rings. The van der Waals surface area contributed by atoms with Crippen molar-refractivity contribution in [2.45, 2.75) is 39.4 Å². The summed E-state index contributed by atoms with van der Waals surface area (Å²) in [7, 11) is 2.78. The van der Waals surface area contributed by atoms with Gasteiger partial charge in [-0.1, -0.05) is 20.6 Å². The summed E-state index contributed by atoms with van der Waals surface area (Å²) in [5.74, 6) is -3.32. The Morgan fingerprint density at radius 1 is 1.28 bits per heavy atom. The van der Waals surface area contributed by atoms with Crippen LogP contribution in [-0.4, -0.2) is 43.1 Å². The highest BCUT2D eigenvalue weighted by atomic mass is 32.1. The minimum absolute atomic E-state index is 0. The van der Waals surface area contributed by atoms with E-state index < -0.39 is 66.9 Å². The molecule has 1 aromatic carbocycles. The summed E-state index contributed by atoms with van der Waals surface area (Å²) in [6, 6.07) is 0.522. The first kappa shape index (κ1) is 15.3. The minimum Gasteiger partial charge on any atom is -0.493 e. The monoisotopic (exact) mass is 476 g/mol. The second-order valence-corrected chi connectivity index (χ2v) is 7.13. The molecule has 0 saturated heterocycles. The van der Waals surface area contributed by atoms with Gasteiger partial charge in [0.25, 0.3) is 0 Å². The number of rotatable bonds is 7. The van der Waals surface area contributed by atoms with Gasteiger partial charge in [-0.25, -0.2) is 9.18 Å². The third-order valence-electron chi connectivity index (χ3n) is 5.05. The molecule has 0 radical (unpaired) electrons. The third-order valence-corrected chi connectivity index (χ3v) is 5.05. The van der Waals surface area contributed by atoms with E-state index >= 15 is 4.39 Å². The topological polar surface area (TPSA) is 87.0 Å². The number of nitrogens with zero attached hydrogens (tertiary/aromatic N) is 1. The first-order valence-corrected chi connectivity index (χ1v) is 9.36. The van der Waals surface area contributed by atoms with Gasteiger partial charge in [0.15, 0.2) is 17.3 Å². The number of benzene rings is 1. The molecule has 1 aromatic heterocycles. The number of aromatic carboxylic acids is 1. The zero-order chi connectivity index (χ0) is 30.4. The van der Waals surface area contributed by atoms with Gasteiger partial charge in [0.05, 0.1) is 19.4 Å². The molecule has 0 saturated carbocycles. The Morgan fingerprint density at radius 2 is 2.00 bits per heavy atom. The lowest BCUT2D eigenvalue weighted by Gasteiger charge is -2.39. The fourth-order valence-electron chi connectivity index (χ4n) is 3.57. The number of aromatic nitrogens is 1. The molecule has 1 N–H and O–H groups in total. The maximum atomic E-state index is 15.8. The van der Waals surface area contributed by atoms with Gasteiger partial charge in [-0.3, -0.25) is 4.79 Å². The number of carboxylic acids is 1. The minimum atomic E-state index is -3.70. The first-order chi connectivity index (χ1) is 18.3. The summed E-state index contributed by atoms with van der Waals surface area (Å²) in [5.41, 5.74) is -6.86. The van der Waals surface area contributed by atoms with Gasteiger partial charge >= 0.3 is 5.97 Å². The molecule has 2 heterocycles. The van der Waals surface area contributed by atoms with Crippen LogP contribution in [0.1, 0.15) is 61.3 Å². The van der Waals surface area contributed by atoms with Gasteiger partial charge in [0, 0.05) is 50.3 Å². The smallest absolute Gasteiger partial charge is 0.341 e. The molecule has 32 heavy (non-hydrogen) atoms. The molecular formula is C23H30FNO6S. The Hall–Kier alpha value is -2.52. The number of halogens is 1. The average Bonchev–Trinajstić information content (AvgIpc) is 2.80. The number of hydrogen-bond donors (Lipinski definition) is 1. The van der Waals surface area contributed by atoms with Gasteiger partial charge in [0.1, 0.15) is 5.56 Å². The molecule has 176 valence electrons. The van der Waals surface area contributed by atoms with E-state index in [4.69, 9.17) is 26.5 Å². The second-order valence-electron chi connectivity index (χ2n) is 7.13. The highest BCUT2D eigenvalue weighted by Gasteiger charge is 2.36. The van der Waals surface area contributed by atoms with Crippen molar-refractivity contribution < 1.29 is 40.8 Å². The zero-order valence-electron chi connectivity index (χ0n) is 26.5. The Labute approximate surface area is 206 Å². The van der Waals surface area contributed by atoms with Crippen LogP contribution in [0.4, 0.5) is 4.39 Å². The maximum absolute atomic E-state index is 15.8. The predicted molar refractivity (Wildman–Crippen MR) is 124 cm³/mol. The first-order valence-electron chi connectivity index (χ1n) is 13.9. The van der Waals surface area contributed by atoms with Crippen molar-refractivity contribution in [3.8, 4) is 22.8 Å². The fraction of sp³-hybridized carbons (Fsp3) is 0.478. The Balaban J connectivity index is 0.00000588. The standard InChI is InChI=1S/C23H28FNO6.H2S/c1-23(2,3)18-10-13-9-17(31-8-6-7-29-4)16(30-5)11-14(13)20-19(24)21(26)15(22(27)28)12-25(18)20;/h9,11-12,18H,6-8,10H2,1-5H3,(H,27,28);1H2/t18-;/m0./s1/i1D3,2D3,3D3;. The van der Waals surface area contributed by atoms with Crippen LogP contribution in [0.2, 0.25) is 0 Å². The molecule has 3 rings (SSSR count). The summed E-state index contributed by atoms with van der Waals surface area (Å²) in [4.78, 5) is 24.5. The van der Waals surface area contributed by atoms with Crippen molar-refractivity contribution in [3.05, 3.63) is 45.5 Å². The fourth-order valence-corrected chi connectivity index (χ4v) is 3.57. The maximum Gasteiger partial charge on any atom is 0.341 e. The number of carboxylic acid groups (broad SMARTS) is 1. The largest absolute Gasteiger partial charge is 0.493 e. The van der Waals surface area contributed by atoms with Crippen molar-refractivity contribution in [1.82, 2.24) is 4.57 Å². The van der Waals surface area contributed by atoms with E-state index in [1.54, 1.807) is 0 Å². The van der Waals surface area contributed by atoms with E-state index in [0.717, 1.165) is 0 Å². The number of methoxy groups -OCH3 is 2. The van der Waals surface area contributed by atoms with Crippen molar-refractivity contribution in [1.29, 1.82) is 0 Å². The van der Waals surface area contributed by atoms with Crippen molar-refractivity contribution >= 4 is 19.5 Å². The molecular weight excluding hydrogens is 437 g/mol. The van der Waals surface area contributed by atoms with E-state index in [1.165, 1.54) is 26.4 Å². The zero-order valence-corrected chi connectivity index (χ0v) is 18.5. The summed E-state index contributed by atoms with van der Waals surface area (Å²) in [6.45, 7) is -10.6. The predicted octanol–water partition coefficient (Wildman–Crippen LogP) is 4.03. The van der Waals surface area contributed by atoms with Crippen LogP contribution in [0.3, 0.4) is 0 Å². The normalized spacial score (nSPS) is 20.1. The molecule has 7 nitrogen and oxygen atoms in total. The SMILES string of the molecule is S.[2H]C([2H])([2H])C([C@@H]1Cc2cc(OCCCOC)c(OC)cc2-c2c(F)c(=O)c(C(=O)O)cn21)(C([2H])([2H])[2H])C([2H])([2H])[2H]. The van der Waals surface area contributed by atoms with Gasteiger partial charge < -0.3 is 23.9 Å². The van der Waals surface area contributed by atoms with Crippen LogP contribution < -0.4 is 14.9 Å². The van der Waals surface area contributed by atoms with E-state index in [1.807, 2.05) is 0 Å². The molecule has 0 bridgehead atoms. The van der Waals surface area contributed by atoms with E-state index in [-0.39, 0.29) is 42.7 Å². The lowest BCUT2D eigenvalue weighted by atomic mass is 9.78. The van der Waals surface area contributed by atoms with Crippen LogP contribution in [0, 0.1) is 11.2 Å². The third kappa shape index (κ3) is 4.78. The second kappa shape index (κ2) is 9.95. The molecule has 2 aromatic rings. The van der Waals surface area contributed by atoms with Crippen LogP contribution >= 0.6 is 13.5 Å². The van der Waals surface area contributed by atoms with Crippen LogP contribution in [-0.2, 0) is 11.2 Å². The number of hydrogen-bond acceptors (Lipinski definition) is 5. The molecule has 1 atom stereocenters.